The summed E-state index contributed by atoms with van der Waals surface area (Å²) in [5.41, 5.74) is 0. The standard InChI is InChI=1S/C13H27NO/c1-4-15-10-9-14-13-7-5-12(6-8-13)11(2)3/h11-14H,4-10H2,1-3H3. The van der Waals surface area contributed by atoms with Gasteiger partial charge in [0.05, 0.1) is 6.61 Å². The maximum Gasteiger partial charge on any atom is 0.0590 e. The third-order valence-corrected chi connectivity index (χ3v) is 3.60. The molecule has 0 aromatic carbocycles. The number of hydrogen-bond donors (Lipinski definition) is 1. The zero-order valence-corrected chi connectivity index (χ0v) is 10.6. The lowest BCUT2D eigenvalue weighted by Gasteiger charge is -2.31. The molecule has 0 unspecified atom stereocenters. The van der Waals surface area contributed by atoms with Gasteiger partial charge in [0.2, 0.25) is 0 Å². The van der Waals surface area contributed by atoms with Gasteiger partial charge in [-0.25, -0.2) is 0 Å². The van der Waals surface area contributed by atoms with Crippen LogP contribution in [0, 0.1) is 11.8 Å². The summed E-state index contributed by atoms with van der Waals surface area (Å²) in [6, 6.07) is 0.750. The van der Waals surface area contributed by atoms with E-state index in [0.29, 0.717) is 0 Å². The van der Waals surface area contributed by atoms with Gasteiger partial charge in [-0.1, -0.05) is 13.8 Å². The van der Waals surface area contributed by atoms with Gasteiger partial charge >= 0.3 is 0 Å². The Hall–Kier alpha value is -0.0800. The van der Waals surface area contributed by atoms with E-state index in [9.17, 15) is 0 Å². The second-order valence-electron chi connectivity index (χ2n) is 5.01. The van der Waals surface area contributed by atoms with E-state index in [1.165, 1.54) is 25.7 Å². The zero-order valence-electron chi connectivity index (χ0n) is 10.6. The molecule has 1 fully saturated rings. The van der Waals surface area contributed by atoms with Crippen molar-refractivity contribution >= 4 is 0 Å². The second-order valence-corrected chi connectivity index (χ2v) is 5.01. The van der Waals surface area contributed by atoms with E-state index >= 15 is 0 Å². The molecule has 1 rings (SSSR count). The Morgan fingerprint density at radius 1 is 1.20 bits per heavy atom. The van der Waals surface area contributed by atoms with E-state index in [1.54, 1.807) is 0 Å². The van der Waals surface area contributed by atoms with Gasteiger partial charge in [0.25, 0.3) is 0 Å². The van der Waals surface area contributed by atoms with Crippen LogP contribution in [0.2, 0.25) is 0 Å². The van der Waals surface area contributed by atoms with E-state index in [-0.39, 0.29) is 0 Å². The third-order valence-electron chi connectivity index (χ3n) is 3.60. The molecule has 1 aliphatic rings. The number of nitrogens with one attached hydrogen (secondary N) is 1. The van der Waals surface area contributed by atoms with Gasteiger partial charge in [-0.2, -0.15) is 0 Å². The summed E-state index contributed by atoms with van der Waals surface area (Å²) in [5.74, 6) is 1.84. The molecular weight excluding hydrogens is 186 g/mol. The largest absolute Gasteiger partial charge is 0.380 e. The van der Waals surface area contributed by atoms with Crippen LogP contribution in [0.25, 0.3) is 0 Å². The molecule has 0 bridgehead atoms. The van der Waals surface area contributed by atoms with Gasteiger partial charge in [-0.05, 0) is 44.4 Å². The molecule has 90 valence electrons. The van der Waals surface area contributed by atoms with Crippen molar-refractivity contribution in [2.24, 2.45) is 11.8 Å². The molecule has 0 spiro atoms. The fraction of sp³-hybridized carbons (Fsp3) is 1.00. The van der Waals surface area contributed by atoms with Crippen LogP contribution in [0.3, 0.4) is 0 Å². The van der Waals surface area contributed by atoms with Gasteiger partial charge < -0.3 is 10.1 Å². The first kappa shape index (κ1) is 13.0. The van der Waals surface area contributed by atoms with Crippen molar-refractivity contribution < 1.29 is 4.74 Å². The maximum absolute atomic E-state index is 5.32. The van der Waals surface area contributed by atoms with E-state index in [0.717, 1.165) is 37.6 Å². The average Bonchev–Trinajstić information content (AvgIpc) is 2.25. The first-order chi connectivity index (χ1) is 7.24. The molecule has 1 aliphatic carbocycles. The van der Waals surface area contributed by atoms with Crippen molar-refractivity contribution in [2.45, 2.75) is 52.5 Å². The van der Waals surface area contributed by atoms with Crippen LogP contribution in [-0.2, 0) is 4.74 Å². The van der Waals surface area contributed by atoms with E-state index < -0.39 is 0 Å². The second kappa shape index (κ2) is 7.24. The summed E-state index contributed by atoms with van der Waals surface area (Å²) < 4.78 is 5.32. The monoisotopic (exact) mass is 213 g/mol. The molecule has 0 saturated heterocycles. The first-order valence-corrected chi connectivity index (χ1v) is 6.55. The fourth-order valence-corrected chi connectivity index (χ4v) is 2.47. The first-order valence-electron chi connectivity index (χ1n) is 6.55. The van der Waals surface area contributed by atoms with Gasteiger partial charge in [-0.15, -0.1) is 0 Å². The Morgan fingerprint density at radius 2 is 1.87 bits per heavy atom. The predicted octanol–water partition coefficient (Wildman–Crippen LogP) is 2.83. The molecular formula is C13H27NO. The average molecular weight is 213 g/mol. The third kappa shape index (κ3) is 4.98. The van der Waals surface area contributed by atoms with Crippen LogP contribution in [0.1, 0.15) is 46.5 Å². The molecule has 0 amide bonds. The van der Waals surface area contributed by atoms with Crippen LogP contribution in [0.4, 0.5) is 0 Å². The predicted molar refractivity (Wildman–Crippen MR) is 65.1 cm³/mol. The Kier molecular flexibility index (Phi) is 6.26. The Bertz CT molecular complexity index is 151. The molecule has 15 heavy (non-hydrogen) atoms. The van der Waals surface area contributed by atoms with Crippen LogP contribution >= 0.6 is 0 Å². The summed E-state index contributed by atoms with van der Waals surface area (Å²) >= 11 is 0. The maximum atomic E-state index is 5.32. The summed E-state index contributed by atoms with van der Waals surface area (Å²) in [7, 11) is 0. The minimum atomic E-state index is 0.750. The molecule has 0 radical (unpaired) electrons. The lowest BCUT2D eigenvalue weighted by molar-refractivity contribution is 0.142. The number of ether oxygens (including phenoxy) is 1. The van der Waals surface area contributed by atoms with Crippen molar-refractivity contribution in [3.8, 4) is 0 Å². The Balaban J connectivity index is 2.04. The van der Waals surface area contributed by atoms with E-state index in [1.807, 2.05) is 6.92 Å². The van der Waals surface area contributed by atoms with Crippen LogP contribution < -0.4 is 5.32 Å². The fourth-order valence-electron chi connectivity index (χ4n) is 2.47. The lowest BCUT2D eigenvalue weighted by atomic mass is 9.80. The Labute approximate surface area is 94.8 Å². The van der Waals surface area contributed by atoms with E-state index in [4.69, 9.17) is 4.74 Å². The number of hydrogen-bond acceptors (Lipinski definition) is 2. The normalized spacial score (nSPS) is 27.2. The summed E-state index contributed by atoms with van der Waals surface area (Å²) in [6.07, 6.45) is 5.53. The van der Waals surface area contributed by atoms with Gasteiger partial charge in [-0.3, -0.25) is 0 Å². The minimum absolute atomic E-state index is 0.750. The van der Waals surface area contributed by atoms with Gasteiger partial charge in [0.15, 0.2) is 0 Å². The lowest BCUT2D eigenvalue weighted by Crippen LogP contribution is -2.36. The quantitative estimate of drug-likeness (QED) is 0.685. The number of rotatable bonds is 6. The molecule has 0 atom stereocenters. The van der Waals surface area contributed by atoms with Gasteiger partial charge in [0, 0.05) is 19.2 Å². The molecule has 0 aromatic rings. The highest BCUT2D eigenvalue weighted by molar-refractivity contribution is 4.78. The molecule has 2 heteroatoms. The highest BCUT2D eigenvalue weighted by Gasteiger charge is 2.22. The highest BCUT2D eigenvalue weighted by Crippen LogP contribution is 2.29. The smallest absolute Gasteiger partial charge is 0.0590 e. The Morgan fingerprint density at radius 3 is 2.40 bits per heavy atom. The molecule has 1 saturated carbocycles. The zero-order chi connectivity index (χ0) is 11.1. The van der Waals surface area contributed by atoms with Crippen molar-refractivity contribution in [1.29, 1.82) is 0 Å². The van der Waals surface area contributed by atoms with E-state index in [2.05, 4.69) is 19.2 Å². The minimum Gasteiger partial charge on any atom is -0.380 e. The van der Waals surface area contributed by atoms with Crippen molar-refractivity contribution in [3.63, 3.8) is 0 Å². The molecule has 0 aliphatic heterocycles. The molecule has 0 aromatic heterocycles. The summed E-state index contributed by atoms with van der Waals surface area (Å²) in [4.78, 5) is 0. The van der Waals surface area contributed by atoms with Crippen molar-refractivity contribution in [3.05, 3.63) is 0 Å². The summed E-state index contributed by atoms with van der Waals surface area (Å²) in [6.45, 7) is 9.47. The van der Waals surface area contributed by atoms with Crippen LogP contribution in [0.5, 0.6) is 0 Å². The van der Waals surface area contributed by atoms with Crippen molar-refractivity contribution in [2.75, 3.05) is 19.8 Å². The van der Waals surface area contributed by atoms with Crippen molar-refractivity contribution in [1.82, 2.24) is 5.32 Å². The molecule has 1 N–H and O–H groups in total. The summed E-state index contributed by atoms with van der Waals surface area (Å²) in [5, 5.41) is 3.59. The SMILES string of the molecule is CCOCCNC1CCC(C(C)C)CC1. The van der Waals surface area contributed by atoms with Gasteiger partial charge in [0.1, 0.15) is 0 Å². The topological polar surface area (TPSA) is 21.3 Å². The highest BCUT2D eigenvalue weighted by atomic mass is 16.5. The van der Waals surface area contributed by atoms with Crippen LogP contribution in [0.15, 0.2) is 0 Å². The molecule has 2 nitrogen and oxygen atoms in total. The molecule has 0 heterocycles. The van der Waals surface area contributed by atoms with Crippen LogP contribution in [-0.4, -0.2) is 25.8 Å².